The predicted molar refractivity (Wildman–Crippen MR) is 128 cm³/mol. The predicted octanol–water partition coefficient (Wildman–Crippen LogP) is 5.43. The molecule has 0 radical (unpaired) electrons. The van der Waals surface area contributed by atoms with Gasteiger partial charge in [0.2, 0.25) is 11.8 Å². The fourth-order valence-corrected chi connectivity index (χ4v) is 3.27. The fourth-order valence-electron chi connectivity index (χ4n) is 3.04. The Morgan fingerprint density at radius 1 is 0.800 bits per heavy atom. The van der Waals surface area contributed by atoms with Gasteiger partial charge < -0.3 is 16.0 Å². The highest BCUT2D eigenvalue weighted by Crippen LogP contribution is 2.16. The number of anilines is 2. The van der Waals surface area contributed by atoms with Gasteiger partial charge in [0.1, 0.15) is 0 Å². The van der Waals surface area contributed by atoms with Gasteiger partial charge in [-0.25, -0.2) is 0 Å². The Labute approximate surface area is 184 Å². The zero-order chi connectivity index (χ0) is 21.6. The summed E-state index contributed by atoms with van der Waals surface area (Å²) in [6.45, 7) is 2.17. The molecule has 0 saturated heterocycles. The monoisotopic (exact) mass is 425 g/mol. The third-order valence-corrected chi connectivity index (χ3v) is 4.85. The Bertz CT molecular complexity index is 824. The molecule has 6 heteroatoms. The van der Waals surface area contributed by atoms with Crippen LogP contribution < -0.4 is 16.0 Å². The molecule has 160 valence electrons. The van der Waals surface area contributed by atoms with E-state index >= 15 is 0 Å². The summed E-state index contributed by atoms with van der Waals surface area (Å²) in [7, 11) is 0. The molecule has 0 bridgehead atoms. The van der Waals surface area contributed by atoms with Crippen LogP contribution in [0.5, 0.6) is 0 Å². The van der Waals surface area contributed by atoms with Gasteiger partial charge in [-0.3, -0.25) is 9.59 Å². The summed E-state index contributed by atoms with van der Waals surface area (Å²) in [6, 6.07) is 17.2. The molecule has 0 heterocycles. The normalized spacial score (nSPS) is 10.3. The molecule has 0 aromatic heterocycles. The largest absolute Gasteiger partial charge is 0.332 e. The highest BCUT2D eigenvalue weighted by atomic mass is 32.1. The van der Waals surface area contributed by atoms with E-state index in [1.54, 1.807) is 6.07 Å². The van der Waals surface area contributed by atoms with Crippen molar-refractivity contribution in [3.05, 3.63) is 60.2 Å². The average molecular weight is 426 g/mol. The minimum absolute atomic E-state index is 0.0463. The number of hydrogen-bond donors (Lipinski definition) is 3. The van der Waals surface area contributed by atoms with E-state index in [9.17, 15) is 9.59 Å². The van der Waals surface area contributed by atoms with Gasteiger partial charge in [0.15, 0.2) is 5.11 Å². The van der Waals surface area contributed by atoms with E-state index in [1.807, 2.05) is 48.5 Å². The zero-order valence-electron chi connectivity index (χ0n) is 17.6. The van der Waals surface area contributed by atoms with Crippen molar-refractivity contribution in [1.82, 2.24) is 5.32 Å². The third kappa shape index (κ3) is 9.65. The Balaban J connectivity index is 1.74. The van der Waals surface area contributed by atoms with Crippen LogP contribution in [0, 0.1) is 0 Å². The van der Waals surface area contributed by atoms with E-state index in [1.165, 1.54) is 12.8 Å². The van der Waals surface area contributed by atoms with Gasteiger partial charge in [-0.1, -0.05) is 69.0 Å². The van der Waals surface area contributed by atoms with Crippen LogP contribution in [0.4, 0.5) is 11.4 Å². The van der Waals surface area contributed by atoms with Crippen molar-refractivity contribution in [2.24, 2.45) is 0 Å². The number of carbonyl (C=O) groups excluding carboxylic acids is 2. The zero-order valence-corrected chi connectivity index (χ0v) is 18.4. The molecular formula is C24H31N3O2S. The molecule has 30 heavy (non-hydrogen) atoms. The van der Waals surface area contributed by atoms with Gasteiger partial charge >= 0.3 is 0 Å². The van der Waals surface area contributed by atoms with E-state index in [-0.39, 0.29) is 16.9 Å². The molecule has 0 aliphatic carbocycles. The van der Waals surface area contributed by atoms with E-state index < -0.39 is 0 Å². The van der Waals surface area contributed by atoms with Crippen LogP contribution in [0.15, 0.2) is 54.6 Å². The molecule has 0 aliphatic rings. The lowest BCUT2D eigenvalue weighted by atomic mass is 10.1. The summed E-state index contributed by atoms with van der Waals surface area (Å²) in [5.74, 6) is -0.121. The maximum atomic E-state index is 12.2. The summed E-state index contributed by atoms with van der Waals surface area (Å²) in [5.41, 5.74) is 2.53. The lowest BCUT2D eigenvalue weighted by Gasteiger charge is -2.11. The van der Waals surface area contributed by atoms with Crippen molar-refractivity contribution in [3.8, 4) is 0 Å². The number of nitrogens with one attached hydrogen (secondary N) is 3. The number of carbonyl (C=O) groups is 2. The van der Waals surface area contributed by atoms with Crippen LogP contribution in [-0.2, 0) is 16.0 Å². The molecule has 0 atom stereocenters. The van der Waals surface area contributed by atoms with E-state index in [2.05, 4.69) is 22.9 Å². The molecule has 2 aromatic rings. The number of hydrogen-bond acceptors (Lipinski definition) is 3. The Kier molecular flexibility index (Phi) is 10.6. The highest BCUT2D eigenvalue weighted by Gasteiger charge is 2.07. The molecule has 0 fully saturated rings. The van der Waals surface area contributed by atoms with Gasteiger partial charge in [-0.05, 0) is 48.8 Å². The lowest BCUT2D eigenvalue weighted by Crippen LogP contribution is -2.33. The second-order valence-electron chi connectivity index (χ2n) is 7.28. The van der Waals surface area contributed by atoms with Crippen molar-refractivity contribution >= 4 is 40.5 Å². The molecule has 0 spiro atoms. The third-order valence-electron chi connectivity index (χ3n) is 4.65. The first-order chi connectivity index (χ1) is 14.6. The van der Waals surface area contributed by atoms with Crippen LogP contribution in [0.2, 0.25) is 0 Å². The number of benzene rings is 2. The van der Waals surface area contributed by atoms with Gasteiger partial charge in [-0.2, -0.15) is 0 Å². The Hall–Kier alpha value is -2.73. The van der Waals surface area contributed by atoms with E-state index in [0.717, 1.165) is 24.8 Å². The molecule has 0 unspecified atom stereocenters. The van der Waals surface area contributed by atoms with Gasteiger partial charge in [0, 0.05) is 24.2 Å². The summed E-state index contributed by atoms with van der Waals surface area (Å²) in [4.78, 5) is 24.2. The molecule has 2 aromatic carbocycles. The molecule has 0 aliphatic heterocycles. The number of aryl methyl sites for hydroxylation is 1. The number of amides is 2. The van der Waals surface area contributed by atoms with Crippen LogP contribution in [-0.4, -0.2) is 16.9 Å². The summed E-state index contributed by atoms with van der Waals surface area (Å²) < 4.78 is 0. The molecular weight excluding hydrogens is 394 g/mol. The standard InChI is InChI=1S/C24H31N3O2S/c1-2-3-4-5-9-15-22(28)27-24(30)26-21-14-10-13-20(18-21)25-23(29)17-16-19-11-7-6-8-12-19/h6-8,10-14,18H,2-5,9,15-17H2,1H3,(H,25,29)(H2,26,27,28,30). The molecule has 0 saturated carbocycles. The molecule has 5 nitrogen and oxygen atoms in total. The topological polar surface area (TPSA) is 70.2 Å². The minimum atomic E-state index is -0.0747. The van der Waals surface area contributed by atoms with E-state index in [0.29, 0.717) is 30.6 Å². The van der Waals surface area contributed by atoms with Crippen molar-refractivity contribution in [2.45, 2.75) is 58.3 Å². The summed E-state index contributed by atoms with van der Waals surface area (Å²) in [5, 5.41) is 8.88. The summed E-state index contributed by atoms with van der Waals surface area (Å²) >= 11 is 5.23. The Morgan fingerprint density at radius 2 is 1.50 bits per heavy atom. The smallest absolute Gasteiger partial charge is 0.226 e. The highest BCUT2D eigenvalue weighted by molar-refractivity contribution is 7.80. The molecule has 2 amide bonds. The molecule has 2 rings (SSSR count). The van der Waals surface area contributed by atoms with Gasteiger partial charge in [-0.15, -0.1) is 0 Å². The van der Waals surface area contributed by atoms with Crippen molar-refractivity contribution in [3.63, 3.8) is 0 Å². The Morgan fingerprint density at radius 3 is 2.23 bits per heavy atom. The fraction of sp³-hybridized carbons (Fsp3) is 0.375. The van der Waals surface area contributed by atoms with Crippen LogP contribution in [0.3, 0.4) is 0 Å². The van der Waals surface area contributed by atoms with Gasteiger partial charge in [0.25, 0.3) is 0 Å². The SMILES string of the molecule is CCCCCCCC(=O)NC(=S)Nc1cccc(NC(=O)CCc2ccccc2)c1. The first-order valence-corrected chi connectivity index (χ1v) is 11.0. The number of unbranched alkanes of at least 4 members (excludes halogenated alkanes) is 4. The maximum absolute atomic E-state index is 12.2. The van der Waals surface area contributed by atoms with Gasteiger partial charge in [0.05, 0.1) is 0 Å². The number of rotatable bonds is 11. The van der Waals surface area contributed by atoms with E-state index in [4.69, 9.17) is 12.2 Å². The summed E-state index contributed by atoms with van der Waals surface area (Å²) in [6.07, 6.45) is 7.08. The maximum Gasteiger partial charge on any atom is 0.226 e. The second-order valence-corrected chi connectivity index (χ2v) is 7.69. The number of thiocarbonyl (C=S) groups is 1. The van der Waals surface area contributed by atoms with Crippen LogP contribution >= 0.6 is 12.2 Å². The molecule has 3 N–H and O–H groups in total. The van der Waals surface area contributed by atoms with Crippen LogP contribution in [0.25, 0.3) is 0 Å². The minimum Gasteiger partial charge on any atom is -0.332 e. The first-order valence-electron chi connectivity index (χ1n) is 10.6. The van der Waals surface area contributed by atoms with Crippen molar-refractivity contribution in [1.29, 1.82) is 0 Å². The van der Waals surface area contributed by atoms with Crippen molar-refractivity contribution in [2.75, 3.05) is 10.6 Å². The second kappa shape index (κ2) is 13.5. The lowest BCUT2D eigenvalue weighted by molar-refractivity contribution is -0.119. The van der Waals surface area contributed by atoms with Crippen LogP contribution in [0.1, 0.15) is 57.4 Å². The van der Waals surface area contributed by atoms with Crippen molar-refractivity contribution < 1.29 is 9.59 Å². The first kappa shape index (κ1) is 23.5. The quantitative estimate of drug-likeness (QED) is 0.332. The average Bonchev–Trinajstić information content (AvgIpc) is 2.73.